The summed E-state index contributed by atoms with van der Waals surface area (Å²) in [6, 6.07) is 8.41. The molecule has 0 saturated heterocycles. The molecule has 0 atom stereocenters. The first kappa shape index (κ1) is 21.7. The van der Waals surface area contributed by atoms with Crippen molar-refractivity contribution in [3.8, 4) is 0 Å². The number of benzene rings is 1. The molecule has 164 valence electrons. The van der Waals surface area contributed by atoms with Gasteiger partial charge in [0.2, 0.25) is 11.8 Å². The van der Waals surface area contributed by atoms with Crippen LogP contribution in [0.25, 0.3) is 0 Å². The Labute approximate surface area is 185 Å². The molecule has 2 amide bonds. The maximum Gasteiger partial charge on any atom is 0.230 e. The topological polar surface area (TPSA) is 58.2 Å². The van der Waals surface area contributed by atoms with Crippen LogP contribution in [0.15, 0.2) is 24.3 Å². The minimum Gasteiger partial charge on any atom is -0.352 e. The van der Waals surface area contributed by atoms with Crippen molar-refractivity contribution in [3.05, 3.63) is 35.4 Å². The second-order valence-electron chi connectivity index (χ2n) is 10.3. The van der Waals surface area contributed by atoms with Gasteiger partial charge in [0, 0.05) is 24.9 Å². The van der Waals surface area contributed by atoms with E-state index >= 15 is 0 Å². The number of carbonyl (C=O) groups excluding carboxylic acids is 2. The number of carbonyl (C=O) groups is 2. The molecule has 0 spiro atoms. The van der Waals surface area contributed by atoms with Gasteiger partial charge < -0.3 is 10.6 Å². The van der Waals surface area contributed by atoms with Crippen LogP contribution < -0.4 is 10.6 Å². The van der Waals surface area contributed by atoms with Gasteiger partial charge in [0.25, 0.3) is 0 Å². The maximum absolute atomic E-state index is 13.4. The predicted molar refractivity (Wildman–Crippen MR) is 120 cm³/mol. The zero-order valence-corrected chi connectivity index (χ0v) is 19.0. The molecule has 0 heterocycles. The summed E-state index contributed by atoms with van der Waals surface area (Å²) >= 11 is 5.66. The van der Waals surface area contributed by atoms with E-state index in [1.165, 1.54) is 32.1 Å². The van der Waals surface area contributed by atoms with Crippen molar-refractivity contribution < 1.29 is 9.59 Å². The Hall–Kier alpha value is -1.55. The third-order valence-corrected chi connectivity index (χ3v) is 8.04. The molecule has 0 aromatic heterocycles. The van der Waals surface area contributed by atoms with Gasteiger partial charge in [0.05, 0.1) is 5.41 Å². The summed E-state index contributed by atoms with van der Waals surface area (Å²) in [5.74, 6) is 3.81. The number of nitrogens with one attached hydrogen (secondary N) is 2. The fraction of sp³-hybridized carbons (Fsp3) is 0.680. The first-order valence-electron chi connectivity index (χ1n) is 11.6. The van der Waals surface area contributed by atoms with Gasteiger partial charge >= 0.3 is 0 Å². The summed E-state index contributed by atoms with van der Waals surface area (Å²) in [5.41, 5.74) is 1.41. The van der Waals surface area contributed by atoms with Gasteiger partial charge in [-0.05, 0) is 87.2 Å². The second kappa shape index (κ2) is 8.90. The van der Waals surface area contributed by atoms with Crippen molar-refractivity contribution in [2.24, 2.45) is 23.7 Å². The molecule has 4 aliphatic carbocycles. The van der Waals surface area contributed by atoms with Crippen LogP contribution in [-0.4, -0.2) is 23.7 Å². The molecule has 4 fully saturated rings. The highest BCUT2D eigenvalue weighted by atomic mass is 35.5. The van der Waals surface area contributed by atoms with E-state index in [-0.39, 0.29) is 11.8 Å². The third-order valence-electron chi connectivity index (χ3n) is 7.77. The molecule has 4 saturated carbocycles. The van der Waals surface area contributed by atoms with Gasteiger partial charge in [-0.3, -0.25) is 9.59 Å². The van der Waals surface area contributed by atoms with Crippen LogP contribution in [0, 0.1) is 23.7 Å². The van der Waals surface area contributed by atoms with Gasteiger partial charge in [-0.1, -0.05) is 24.3 Å². The van der Waals surface area contributed by atoms with Crippen molar-refractivity contribution in [1.82, 2.24) is 10.6 Å². The van der Waals surface area contributed by atoms with E-state index in [1.807, 2.05) is 32.0 Å². The summed E-state index contributed by atoms with van der Waals surface area (Å²) < 4.78 is 0. The number of amides is 2. The molecule has 5 rings (SSSR count). The summed E-state index contributed by atoms with van der Waals surface area (Å²) in [4.78, 5) is 25.2. The fourth-order valence-corrected chi connectivity index (χ4v) is 6.34. The lowest BCUT2D eigenvalue weighted by atomic mass is 9.54. The molecule has 4 aliphatic rings. The molecule has 0 unspecified atom stereocenters. The monoisotopic (exact) mass is 430 g/mol. The summed E-state index contributed by atoms with van der Waals surface area (Å²) in [5, 5.41) is 6.42. The minimum atomic E-state index is -0.604. The number of alkyl halides is 1. The van der Waals surface area contributed by atoms with E-state index in [1.54, 1.807) is 0 Å². The highest BCUT2D eigenvalue weighted by Gasteiger charge is 2.49. The summed E-state index contributed by atoms with van der Waals surface area (Å²) in [6.45, 7) is 4.50. The quantitative estimate of drug-likeness (QED) is 0.595. The van der Waals surface area contributed by atoms with Gasteiger partial charge in [-0.15, -0.1) is 11.6 Å². The average molecular weight is 431 g/mol. The lowest BCUT2D eigenvalue weighted by Gasteiger charge is -2.54. The van der Waals surface area contributed by atoms with Crippen molar-refractivity contribution in [3.63, 3.8) is 0 Å². The maximum atomic E-state index is 13.4. The van der Waals surface area contributed by atoms with Crippen molar-refractivity contribution in [1.29, 1.82) is 0 Å². The van der Waals surface area contributed by atoms with E-state index in [9.17, 15) is 9.59 Å². The van der Waals surface area contributed by atoms with Crippen LogP contribution in [0.5, 0.6) is 0 Å². The predicted octanol–water partition coefficient (Wildman–Crippen LogP) is 4.54. The number of rotatable bonds is 8. The fourth-order valence-electron chi connectivity index (χ4n) is 6.21. The van der Waals surface area contributed by atoms with E-state index in [0.717, 1.165) is 23.0 Å². The lowest BCUT2D eigenvalue weighted by molar-refractivity contribution is -0.129. The highest BCUT2D eigenvalue weighted by molar-refractivity contribution is 6.17. The molecule has 30 heavy (non-hydrogen) atoms. The molecule has 5 heteroatoms. The minimum absolute atomic E-state index is 0.0138. The Balaban J connectivity index is 1.39. The zero-order valence-electron chi connectivity index (χ0n) is 18.3. The Morgan fingerprint density at radius 2 is 1.73 bits per heavy atom. The van der Waals surface area contributed by atoms with Gasteiger partial charge in [0.15, 0.2) is 0 Å². The van der Waals surface area contributed by atoms with Crippen LogP contribution in [0.4, 0.5) is 0 Å². The largest absolute Gasteiger partial charge is 0.352 e. The molecular weight excluding hydrogens is 396 g/mol. The second-order valence-corrected chi connectivity index (χ2v) is 10.7. The highest BCUT2D eigenvalue weighted by Crippen LogP contribution is 2.53. The SMILES string of the molecule is CC(C)(C(=O)NC1C2CC3CC(C2)CC1C3)c1cccc(CNC(=O)CCCCl)c1. The molecule has 1 aromatic rings. The van der Waals surface area contributed by atoms with E-state index in [2.05, 4.69) is 16.7 Å². The van der Waals surface area contributed by atoms with Gasteiger partial charge in [0.1, 0.15) is 0 Å². The first-order chi connectivity index (χ1) is 14.4. The van der Waals surface area contributed by atoms with Crippen LogP contribution in [0.1, 0.15) is 69.9 Å². The van der Waals surface area contributed by atoms with Gasteiger partial charge in [-0.25, -0.2) is 0 Å². The standard InChI is InChI=1S/C25H35ClN2O2/c1-25(2,21-6-3-5-16(14-21)15-27-22(29)7-4-8-26)24(30)28-23-19-10-17-9-18(12-19)13-20(23)11-17/h3,5-6,14,17-20,23H,4,7-13,15H2,1-2H3,(H,27,29)(H,28,30). The summed E-state index contributed by atoms with van der Waals surface area (Å²) in [6.07, 6.45) is 7.77. The zero-order chi connectivity index (χ0) is 21.3. The normalized spacial score (nSPS) is 29.6. The molecule has 2 N–H and O–H groups in total. The molecule has 0 aliphatic heterocycles. The van der Waals surface area contributed by atoms with Crippen molar-refractivity contribution in [2.75, 3.05) is 5.88 Å². The number of hydrogen-bond donors (Lipinski definition) is 2. The van der Waals surface area contributed by atoms with Crippen LogP contribution in [0.2, 0.25) is 0 Å². The van der Waals surface area contributed by atoms with Crippen LogP contribution in [-0.2, 0) is 21.5 Å². The van der Waals surface area contributed by atoms with Crippen LogP contribution >= 0.6 is 11.6 Å². The number of hydrogen-bond acceptors (Lipinski definition) is 2. The number of halogens is 1. The Morgan fingerprint density at radius 3 is 2.37 bits per heavy atom. The molecule has 4 nitrogen and oxygen atoms in total. The first-order valence-corrected chi connectivity index (χ1v) is 12.1. The molecule has 1 aromatic carbocycles. The average Bonchev–Trinajstić information content (AvgIpc) is 2.72. The van der Waals surface area contributed by atoms with Gasteiger partial charge in [-0.2, -0.15) is 0 Å². The molecule has 0 radical (unpaired) electrons. The van der Waals surface area contributed by atoms with Crippen molar-refractivity contribution in [2.45, 2.75) is 76.8 Å². The summed E-state index contributed by atoms with van der Waals surface area (Å²) in [7, 11) is 0. The Morgan fingerprint density at radius 1 is 1.07 bits per heavy atom. The molecular formula is C25H35ClN2O2. The van der Waals surface area contributed by atoms with Crippen molar-refractivity contribution >= 4 is 23.4 Å². The molecule has 4 bridgehead atoms. The lowest BCUT2D eigenvalue weighted by Crippen LogP contribution is -2.58. The smallest absolute Gasteiger partial charge is 0.230 e. The van der Waals surface area contributed by atoms with E-state index in [0.29, 0.717) is 43.1 Å². The third kappa shape index (κ3) is 4.54. The van der Waals surface area contributed by atoms with E-state index in [4.69, 9.17) is 11.6 Å². The van der Waals surface area contributed by atoms with E-state index < -0.39 is 5.41 Å². The van der Waals surface area contributed by atoms with Crippen LogP contribution in [0.3, 0.4) is 0 Å². The Kier molecular flexibility index (Phi) is 6.43. The Bertz CT molecular complexity index is 763.